The van der Waals surface area contributed by atoms with Gasteiger partial charge in [0.05, 0.1) is 13.2 Å². The number of benzene rings is 1. The summed E-state index contributed by atoms with van der Waals surface area (Å²) < 4.78 is 23.9. The van der Waals surface area contributed by atoms with E-state index in [-0.39, 0.29) is 30.4 Å². The summed E-state index contributed by atoms with van der Waals surface area (Å²) in [5.74, 6) is 0.244. The Bertz CT molecular complexity index is 806. The van der Waals surface area contributed by atoms with E-state index in [0.29, 0.717) is 30.4 Å². The molecule has 1 N–H and O–H groups in total. The topological polar surface area (TPSA) is 84.5 Å². The lowest BCUT2D eigenvalue weighted by Crippen LogP contribution is -2.44. The molecule has 0 radical (unpaired) electrons. The normalized spacial score (nSPS) is 17.4. The number of ether oxygens (including phenoxy) is 2. The van der Waals surface area contributed by atoms with Gasteiger partial charge in [-0.3, -0.25) is 9.59 Å². The van der Waals surface area contributed by atoms with Gasteiger partial charge in [0.15, 0.2) is 6.61 Å². The van der Waals surface area contributed by atoms with E-state index in [1.807, 2.05) is 0 Å². The minimum absolute atomic E-state index is 0.157. The Hall–Kier alpha value is -2.74. The predicted octanol–water partition coefficient (Wildman–Crippen LogP) is 1.20. The number of carbonyl (C=O) groups is 1. The van der Waals surface area contributed by atoms with Crippen LogP contribution in [0.25, 0.3) is 0 Å². The van der Waals surface area contributed by atoms with Crippen LogP contribution >= 0.6 is 0 Å². The number of carbonyl (C=O) groups excluding carboxylic acids is 1. The first-order valence-electron chi connectivity index (χ1n) is 7.87. The van der Waals surface area contributed by atoms with Crippen molar-refractivity contribution in [2.45, 2.75) is 13.0 Å². The van der Waals surface area contributed by atoms with E-state index >= 15 is 0 Å². The Morgan fingerprint density at radius 3 is 2.92 bits per heavy atom. The van der Waals surface area contributed by atoms with Gasteiger partial charge in [-0.05, 0) is 31.2 Å². The van der Waals surface area contributed by atoms with E-state index in [4.69, 9.17) is 9.47 Å². The fourth-order valence-electron chi connectivity index (χ4n) is 2.56. The van der Waals surface area contributed by atoms with Crippen molar-refractivity contribution in [3.63, 3.8) is 0 Å². The standard InChI is InChI=1S/C17H18FN3O4/c1-11-8-15(22)20-17(19-11)14-9-21(6-7-24-14)16(23)10-25-13-4-2-12(18)3-5-13/h2-5,8,14H,6-7,9-10H2,1H3,(H,19,20,22). The largest absolute Gasteiger partial charge is 0.484 e. The number of hydrogen-bond acceptors (Lipinski definition) is 5. The summed E-state index contributed by atoms with van der Waals surface area (Å²) in [6.07, 6.45) is -0.490. The molecule has 2 aromatic rings. The van der Waals surface area contributed by atoms with Gasteiger partial charge in [0.1, 0.15) is 23.5 Å². The number of aromatic amines is 1. The molecule has 7 nitrogen and oxygen atoms in total. The molecule has 25 heavy (non-hydrogen) atoms. The number of aromatic nitrogens is 2. The predicted molar refractivity (Wildman–Crippen MR) is 86.8 cm³/mol. The zero-order valence-corrected chi connectivity index (χ0v) is 13.7. The quantitative estimate of drug-likeness (QED) is 0.898. The molecule has 132 valence electrons. The second-order valence-electron chi connectivity index (χ2n) is 5.71. The molecule has 0 saturated carbocycles. The van der Waals surface area contributed by atoms with E-state index in [0.717, 1.165) is 0 Å². The number of nitrogens with one attached hydrogen (secondary N) is 1. The van der Waals surface area contributed by atoms with Gasteiger partial charge >= 0.3 is 0 Å². The SMILES string of the molecule is Cc1cc(=O)[nH]c(C2CN(C(=O)COc3ccc(F)cc3)CCO2)n1. The number of H-pyrrole nitrogens is 1. The highest BCUT2D eigenvalue weighted by Crippen LogP contribution is 2.19. The van der Waals surface area contributed by atoms with Gasteiger partial charge in [-0.15, -0.1) is 0 Å². The van der Waals surface area contributed by atoms with Crippen LogP contribution in [0.3, 0.4) is 0 Å². The molecule has 2 heterocycles. The third kappa shape index (κ3) is 4.42. The highest BCUT2D eigenvalue weighted by molar-refractivity contribution is 5.77. The zero-order chi connectivity index (χ0) is 17.8. The molecule has 1 aliphatic rings. The van der Waals surface area contributed by atoms with Crippen LogP contribution < -0.4 is 10.3 Å². The van der Waals surface area contributed by atoms with Crippen molar-refractivity contribution in [1.29, 1.82) is 0 Å². The molecule has 1 saturated heterocycles. The van der Waals surface area contributed by atoms with Gasteiger partial charge in [-0.2, -0.15) is 0 Å². The molecule has 1 fully saturated rings. The molecule has 0 aliphatic carbocycles. The van der Waals surface area contributed by atoms with E-state index in [1.54, 1.807) is 11.8 Å². The summed E-state index contributed by atoms with van der Waals surface area (Å²) in [6, 6.07) is 6.86. The fraction of sp³-hybridized carbons (Fsp3) is 0.353. The van der Waals surface area contributed by atoms with Crippen LogP contribution in [0.5, 0.6) is 5.75 Å². The van der Waals surface area contributed by atoms with Crippen molar-refractivity contribution >= 4 is 5.91 Å². The molecule has 1 unspecified atom stereocenters. The minimum atomic E-state index is -0.490. The average molecular weight is 347 g/mol. The van der Waals surface area contributed by atoms with Crippen molar-refractivity contribution in [2.24, 2.45) is 0 Å². The zero-order valence-electron chi connectivity index (χ0n) is 13.7. The monoisotopic (exact) mass is 347 g/mol. The molecule has 1 amide bonds. The number of hydrogen-bond donors (Lipinski definition) is 1. The van der Waals surface area contributed by atoms with Crippen molar-refractivity contribution in [2.75, 3.05) is 26.3 Å². The Morgan fingerprint density at radius 1 is 1.44 bits per heavy atom. The maximum atomic E-state index is 12.9. The van der Waals surface area contributed by atoms with E-state index in [9.17, 15) is 14.0 Å². The molecule has 8 heteroatoms. The molecule has 3 rings (SSSR count). The van der Waals surface area contributed by atoms with Gasteiger partial charge < -0.3 is 19.4 Å². The third-order valence-electron chi connectivity index (χ3n) is 3.79. The number of amides is 1. The van der Waals surface area contributed by atoms with Crippen molar-refractivity contribution < 1.29 is 18.7 Å². The van der Waals surface area contributed by atoms with Crippen LogP contribution in [-0.2, 0) is 9.53 Å². The maximum absolute atomic E-state index is 12.9. The summed E-state index contributed by atoms with van der Waals surface area (Å²) in [4.78, 5) is 32.4. The molecular weight excluding hydrogens is 329 g/mol. The smallest absolute Gasteiger partial charge is 0.260 e. The van der Waals surface area contributed by atoms with Crippen LogP contribution in [0.2, 0.25) is 0 Å². The van der Waals surface area contributed by atoms with Gasteiger partial charge in [0.25, 0.3) is 11.5 Å². The highest BCUT2D eigenvalue weighted by Gasteiger charge is 2.27. The van der Waals surface area contributed by atoms with Crippen molar-refractivity contribution in [1.82, 2.24) is 14.9 Å². The first-order valence-corrected chi connectivity index (χ1v) is 7.87. The number of halogens is 1. The highest BCUT2D eigenvalue weighted by atomic mass is 19.1. The Balaban J connectivity index is 1.61. The van der Waals surface area contributed by atoms with Crippen LogP contribution in [0.1, 0.15) is 17.6 Å². The molecule has 1 aliphatic heterocycles. The second kappa shape index (κ2) is 7.43. The minimum Gasteiger partial charge on any atom is -0.484 e. The molecular formula is C17H18FN3O4. The Labute approximate surface area is 143 Å². The molecule has 0 spiro atoms. The summed E-state index contributed by atoms with van der Waals surface area (Å²) >= 11 is 0. The van der Waals surface area contributed by atoms with E-state index in [2.05, 4.69) is 9.97 Å². The van der Waals surface area contributed by atoms with Crippen LogP contribution in [0.15, 0.2) is 35.1 Å². The second-order valence-corrected chi connectivity index (χ2v) is 5.71. The van der Waals surface area contributed by atoms with Crippen LogP contribution in [-0.4, -0.2) is 47.1 Å². The molecule has 0 bridgehead atoms. The Kier molecular flexibility index (Phi) is 5.08. The number of aryl methyl sites for hydroxylation is 1. The van der Waals surface area contributed by atoms with Crippen molar-refractivity contribution in [3.05, 3.63) is 58.0 Å². The lowest BCUT2D eigenvalue weighted by molar-refractivity contribution is -0.141. The number of nitrogens with zero attached hydrogens (tertiary/aromatic N) is 2. The molecule has 1 atom stereocenters. The van der Waals surface area contributed by atoms with E-state index in [1.165, 1.54) is 30.3 Å². The third-order valence-corrected chi connectivity index (χ3v) is 3.79. The summed E-state index contributed by atoms with van der Waals surface area (Å²) in [5.41, 5.74) is 0.333. The maximum Gasteiger partial charge on any atom is 0.260 e. The van der Waals surface area contributed by atoms with Crippen LogP contribution in [0, 0.1) is 12.7 Å². The molecule has 1 aromatic carbocycles. The summed E-state index contributed by atoms with van der Waals surface area (Å²) in [5, 5.41) is 0. The lowest BCUT2D eigenvalue weighted by Gasteiger charge is -2.32. The first kappa shape index (κ1) is 17.1. The van der Waals surface area contributed by atoms with E-state index < -0.39 is 6.10 Å². The van der Waals surface area contributed by atoms with Gasteiger partial charge in [0.2, 0.25) is 0 Å². The van der Waals surface area contributed by atoms with Gasteiger partial charge in [0, 0.05) is 18.3 Å². The van der Waals surface area contributed by atoms with Gasteiger partial charge in [-0.25, -0.2) is 9.37 Å². The number of morpholine rings is 1. The fourth-order valence-corrected chi connectivity index (χ4v) is 2.56. The molecule has 1 aromatic heterocycles. The van der Waals surface area contributed by atoms with Gasteiger partial charge in [-0.1, -0.05) is 0 Å². The average Bonchev–Trinajstić information content (AvgIpc) is 2.60. The summed E-state index contributed by atoms with van der Waals surface area (Å²) in [7, 11) is 0. The Morgan fingerprint density at radius 2 is 2.20 bits per heavy atom. The summed E-state index contributed by atoms with van der Waals surface area (Å²) in [6.45, 7) is 2.61. The lowest BCUT2D eigenvalue weighted by atomic mass is 10.2. The number of rotatable bonds is 4. The van der Waals surface area contributed by atoms with Crippen molar-refractivity contribution in [3.8, 4) is 5.75 Å². The van der Waals surface area contributed by atoms with Crippen LogP contribution in [0.4, 0.5) is 4.39 Å². The first-order chi connectivity index (χ1) is 12.0.